The lowest BCUT2D eigenvalue weighted by atomic mass is 10.2. The van der Waals surface area contributed by atoms with Gasteiger partial charge in [0.2, 0.25) is 0 Å². The quantitative estimate of drug-likeness (QED) is 0.797. The van der Waals surface area contributed by atoms with Gasteiger partial charge in [0, 0.05) is 0 Å². The molecule has 1 unspecified atom stereocenters. The lowest BCUT2D eigenvalue weighted by Crippen LogP contribution is -2.44. The number of aliphatic carboxylic acids is 1. The molecule has 1 aromatic rings. The van der Waals surface area contributed by atoms with E-state index in [9.17, 15) is 14.0 Å². The second-order valence-electron chi connectivity index (χ2n) is 4.50. The van der Waals surface area contributed by atoms with Crippen LogP contribution in [0.15, 0.2) is 12.1 Å². The number of urea groups is 1. The molecule has 3 N–H and O–H groups in total. The summed E-state index contributed by atoms with van der Waals surface area (Å²) in [5, 5.41) is 13.5. The number of hydrogen-bond donors (Lipinski definition) is 3. The van der Waals surface area contributed by atoms with E-state index in [1.807, 2.05) is 0 Å². The van der Waals surface area contributed by atoms with E-state index in [0.29, 0.717) is 0 Å². The summed E-state index contributed by atoms with van der Waals surface area (Å²) in [7, 11) is 0. The van der Waals surface area contributed by atoms with Gasteiger partial charge in [0.1, 0.15) is 11.9 Å². The number of amides is 2. The first-order chi connectivity index (χ1) is 9.38. The third kappa shape index (κ3) is 3.52. The summed E-state index contributed by atoms with van der Waals surface area (Å²) in [4.78, 5) is 22.8. The van der Waals surface area contributed by atoms with E-state index < -0.39 is 23.9 Å². The van der Waals surface area contributed by atoms with Gasteiger partial charge >= 0.3 is 12.0 Å². The number of anilines is 1. The Kier molecular flexibility index (Phi) is 4.35. The fourth-order valence-electron chi connectivity index (χ4n) is 1.76. The van der Waals surface area contributed by atoms with Gasteiger partial charge in [0.25, 0.3) is 0 Å². The maximum atomic E-state index is 13.0. The van der Waals surface area contributed by atoms with Gasteiger partial charge in [-0.15, -0.1) is 0 Å². The highest BCUT2D eigenvalue weighted by Crippen LogP contribution is 2.33. The van der Waals surface area contributed by atoms with Gasteiger partial charge in [-0.1, -0.05) is 23.2 Å². The van der Waals surface area contributed by atoms with Gasteiger partial charge in [-0.25, -0.2) is 14.0 Å². The fraction of sp³-hybridized carbons (Fsp3) is 0.333. The number of carbonyl (C=O) groups excluding carboxylic acids is 1. The van der Waals surface area contributed by atoms with Gasteiger partial charge in [-0.2, -0.15) is 0 Å². The maximum absolute atomic E-state index is 13.0. The maximum Gasteiger partial charge on any atom is 0.326 e. The van der Waals surface area contributed by atoms with Gasteiger partial charge in [-0.3, -0.25) is 0 Å². The molecule has 108 valence electrons. The van der Waals surface area contributed by atoms with Crippen LogP contribution in [0.25, 0.3) is 0 Å². The second-order valence-corrected chi connectivity index (χ2v) is 5.31. The van der Waals surface area contributed by atoms with Crippen LogP contribution in [0.1, 0.15) is 12.8 Å². The first-order valence-electron chi connectivity index (χ1n) is 5.83. The Hall–Kier alpha value is -1.53. The van der Waals surface area contributed by atoms with Crippen molar-refractivity contribution in [2.24, 2.45) is 5.92 Å². The Morgan fingerprint density at radius 3 is 2.30 bits per heavy atom. The van der Waals surface area contributed by atoms with Crippen molar-refractivity contribution in [1.82, 2.24) is 5.32 Å². The van der Waals surface area contributed by atoms with E-state index in [1.165, 1.54) is 0 Å². The molecule has 5 nitrogen and oxygen atoms in total. The molecule has 1 atom stereocenters. The van der Waals surface area contributed by atoms with Crippen LogP contribution in [-0.2, 0) is 4.79 Å². The van der Waals surface area contributed by atoms with Crippen molar-refractivity contribution in [3.05, 3.63) is 28.0 Å². The highest BCUT2D eigenvalue weighted by molar-refractivity contribution is 6.39. The molecular weight excluding hydrogens is 310 g/mol. The van der Waals surface area contributed by atoms with E-state index in [-0.39, 0.29) is 21.7 Å². The Labute approximate surface area is 124 Å². The SMILES string of the molecule is O=C(Nc1c(Cl)cc(F)cc1Cl)NC(C(=O)O)C1CC1. The third-order valence-corrected chi connectivity index (χ3v) is 3.49. The summed E-state index contributed by atoms with van der Waals surface area (Å²) in [6.07, 6.45) is 1.52. The van der Waals surface area contributed by atoms with E-state index in [0.717, 1.165) is 25.0 Å². The van der Waals surface area contributed by atoms with Gasteiger partial charge in [0.05, 0.1) is 15.7 Å². The monoisotopic (exact) mass is 320 g/mol. The molecule has 1 aromatic carbocycles. The van der Waals surface area contributed by atoms with Crippen molar-refractivity contribution in [2.45, 2.75) is 18.9 Å². The van der Waals surface area contributed by atoms with Crippen LogP contribution < -0.4 is 10.6 Å². The number of carboxylic acid groups (broad SMARTS) is 1. The van der Waals surface area contributed by atoms with Crippen LogP contribution in [0.5, 0.6) is 0 Å². The second kappa shape index (κ2) is 5.85. The molecule has 1 aliphatic rings. The topological polar surface area (TPSA) is 78.4 Å². The molecule has 0 aliphatic heterocycles. The standard InChI is InChI=1S/C12H11Cl2FN2O3/c13-7-3-6(15)4-8(14)10(7)17-12(20)16-9(11(18)19)5-1-2-5/h3-5,9H,1-2H2,(H,18,19)(H2,16,17,20). The molecule has 1 fully saturated rings. The highest BCUT2D eigenvalue weighted by Gasteiger charge is 2.37. The van der Waals surface area contributed by atoms with Crippen molar-refractivity contribution in [3.8, 4) is 0 Å². The lowest BCUT2D eigenvalue weighted by Gasteiger charge is -2.15. The zero-order chi connectivity index (χ0) is 14.9. The van der Waals surface area contributed by atoms with Crippen molar-refractivity contribution in [3.63, 3.8) is 0 Å². The number of carbonyl (C=O) groups is 2. The number of rotatable bonds is 4. The predicted octanol–water partition coefficient (Wildman–Crippen LogP) is 3.12. The van der Waals surface area contributed by atoms with Crippen LogP contribution in [-0.4, -0.2) is 23.1 Å². The normalized spacial score (nSPS) is 15.6. The largest absolute Gasteiger partial charge is 0.480 e. The van der Waals surface area contributed by atoms with E-state index >= 15 is 0 Å². The molecule has 0 radical (unpaired) electrons. The van der Waals surface area contributed by atoms with Crippen LogP contribution in [0, 0.1) is 11.7 Å². The molecular formula is C12H11Cl2FN2O3. The average molecular weight is 321 g/mol. The third-order valence-electron chi connectivity index (χ3n) is 2.89. The lowest BCUT2D eigenvalue weighted by molar-refractivity contribution is -0.139. The van der Waals surface area contributed by atoms with Crippen LogP contribution >= 0.6 is 23.2 Å². The summed E-state index contributed by atoms with van der Waals surface area (Å²) in [6, 6.07) is 0.296. The molecule has 2 rings (SSSR count). The summed E-state index contributed by atoms with van der Waals surface area (Å²) < 4.78 is 13.0. The number of benzene rings is 1. The minimum absolute atomic E-state index is 0.0344. The van der Waals surface area contributed by atoms with E-state index in [1.54, 1.807) is 0 Å². The Morgan fingerprint density at radius 2 is 1.85 bits per heavy atom. The number of hydrogen-bond acceptors (Lipinski definition) is 2. The van der Waals surface area contributed by atoms with Crippen LogP contribution in [0.4, 0.5) is 14.9 Å². The Morgan fingerprint density at radius 1 is 1.30 bits per heavy atom. The predicted molar refractivity (Wildman–Crippen MR) is 72.7 cm³/mol. The fourth-order valence-corrected chi connectivity index (χ4v) is 2.32. The molecule has 0 saturated heterocycles. The molecule has 20 heavy (non-hydrogen) atoms. The first-order valence-corrected chi connectivity index (χ1v) is 6.59. The van der Waals surface area contributed by atoms with Gasteiger partial charge in [-0.05, 0) is 30.9 Å². The molecule has 0 heterocycles. The number of halogens is 3. The van der Waals surface area contributed by atoms with Crippen LogP contribution in [0.3, 0.4) is 0 Å². The number of carboxylic acids is 1. The van der Waals surface area contributed by atoms with Gasteiger partial charge < -0.3 is 15.7 Å². The summed E-state index contributed by atoms with van der Waals surface area (Å²) in [5.41, 5.74) is 0.0344. The van der Waals surface area contributed by atoms with Crippen molar-refractivity contribution < 1.29 is 19.1 Å². The molecule has 1 saturated carbocycles. The summed E-state index contributed by atoms with van der Waals surface area (Å²) in [5.74, 6) is -1.79. The number of nitrogens with one attached hydrogen (secondary N) is 2. The highest BCUT2D eigenvalue weighted by atomic mass is 35.5. The molecule has 8 heteroatoms. The summed E-state index contributed by atoms with van der Waals surface area (Å²) in [6.45, 7) is 0. The molecule has 0 spiro atoms. The molecule has 2 amide bonds. The minimum Gasteiger partial charge on any atom is -0.480 e. The van der Waals surface area contributed by atoms with Crippen molar-refractivity contribution >= 4 is 40.9 Å². The Bertz CT molecular complexity index is 541. The van der Waals surface area contributed by atoms with E-state index in [2.05, 4.69) is 10.6 Å². The average Bonchev–Trinajstić information content (AvgIpc) is 3.14. The smallest absolute Gasteiger partial charge is 0.326 e. The first kappa shape index (κ1) is 14.9. The molecule has 1 aliphatic carbocycles. The van der Waals surface area contributed by atoms with Crippen LogP contribution in [0.2, 0.25) is 10.0 Å². The zero-order valence-corrected chi connectivity index (χ0v) is 11.6. The van der Waals surface area contributed by atoms with Crippen molar-refractivity contribution in [1.29, 1.82) is 0 Å². The molecule has 0 aromatic heterocycles. The van der Waals surface area contributed by atoms with Gasteiger partial charge in [0.15, 0.2) is 0 Å². The Balaban J connectivity index is 2.06. The van der Waals surface area contributed by atoms with E-state index in [4.69, 9.17) is 28.3 Å². The molecule has 0 bridgehead atoms. The van der Waals surface area contributed by atoms with Crippen molar-refractivity contribution in [2.75, 3.05) is 5.32 Å². The zero-order valence-electron chi connectivity index (χ0n) is 10.1. The minimum atomic E-state index is -1.10. The summed E-state index contributed by atoms with van der Waals surface area (Å²) >= 11 is 11.5.